The Morgan fingerprint density at radius 1 is 1.16 bits per heavy atom. The lowest BCUT2D eigenvalue weighted by Gasteiger charge is -2.35. The van der Waals surface area contributed by atoms with Crippen LogP contribution in [0.15, 0.2) is 28.0 Å². The van der Waals surface area contributed by atoms with Gasteiger partial charge in [-0.05, 0) is 31.0 Å². The van der Waals surface area contributed by atoms with Gasteiger partial charge in [-0.15, -0.1) is 0 Å². The van der Waals surface area contributed by atoms with Crippen LogP contribution in [-0.4, -0.2) is 48.5 Å². The van der Waals surface area contributed by atoms with E-state index in [1.165, 1.54) is 19.2 Å². The van der Waals surface area contributed by atoms with Gasteiger partial charge in [0.15, 0.2) is 9.84 Å². The smallest absolute Gasteiger partial charge is 0.244 e. The Labute approximate surface area is 149 Å². The molecule has 1 aliphatic rings. The number of rotatable bonds is 7. The fraction of sp³-hybridized carbons (Fsp3) is 0.625. The molecule has 1 aromatic rings. The number of hydrogen-bond donors (Lipinski definition) is 2. The van der Waals surface area contributed by atoms with Gasteiger partial charge >= 0.3 is 0 Å². The van der Waals surface area contributed by atoms with Gasteiger partial charge in [0.1, 0.15) is 10.6 Å². The molecule has 1 saturated carbocycles. The van der Waals surface area contributed by atoms with Gasteiger partial charge in [0.05, 0.1) is 12.0 Å². The molecule has 0 heterocycles. The Bertz CT molecular complexity index is 811. The topological polar surface area (TPSA) is 110 Å². The average molecular weight is 392 g/mol. The van der Waals surface area contributed by atoms with E-state index in [9.17, 15) is 21.9 Å². The minimum absolute atomic E-state index is 0.0709. The van der Waals surface area contributed by atoms with Gasteiger partial charge in [-0.1, -0.05) is 19.3 Å². The Morgan fingerprint density at radius 3 is 2.32 bits per heavy atom. The van der Waals surface area contributed by atoms with Gasteiger partial charge in [0.2, 0.25) is 10.0 Å². The van der Waals surface area contributed by atoms with Crippen molar-refractivity contribution in [1.82, 2.24) is 4.72 Å². The Hall–Kier alpha value is -1.16. The number of sulfonamides is 1. The number of hydrogen-bond acceptors (Lipinski definition) is 6. The first kappa shape index (κ1) is 20.2. The van der Waals surface area contributed by atoms with Crippen LogP contribution in [0.25, 0.3) is 0 Å². The number of sulfone groups is 1. The molecule has 9 heteroatoms. The summed E-state index contributed by atoms with van der Waals surface area (Å²) in [5, 5.41) is 9.72. The van der Waals surface area contributed by atoms with Crippen molar-refractivity contribution in [3.63, 3.8) is 0 Å². The number of ether oxygens (including phenoxy) is 1. The van der Waals surface area contributed by atoms with Gasteiger partial charge < -0.3 is 9.84 Å². The molecule has 0 radical (unpaired) electrons. The second kappa shape index (κ2) is 7.61. The zero-order chi connectivity index (χ0) is 18.7. The van der Waals surface area contributed by atoms with E-state index < -0.39 is 25.3 Å². The first-order valence-electron chi connectivity index (χ1n) is 8.12. The first-order chi connectivity index (χ1) is 11.6. The maximum Gasteiger partial charge on any atom is 0.244 e. The van der Waals surface area contributed by atoms with Crippen molar-refractivity contribution < 1.29 is 26.7 Å². The van der Waals surface area contributed by atoms with E-state index in [2.05, 4.69) is 4.72 Å². The molecule has 1 aliphatic carbocycles. The largest absolute Gasteiger partial charge is 0.495 e. The van der Waals surface area contributed by atoms with Gasteiger partial charge in [-0.3, -0.25) is 0 Å². The quantitative estimate of drug-likeness (QED) is 0.725. The summed E-state index contributed by atoms with van der Waals surface area (Å²) in [6.07, 6.45) is 5.52. The highest BCUT2D eigenvalue weighted by Crippen LogP contribution is 2.36. The molecule has 25 heavy (non-hydrogen) atoms. The molecule has 7 nitrogen and oxygen atoms in total. The van der Waals surface area contributed by atoms with Crippen LogP contribution in [0.3, 0.4) is 0 Å². The Kier molecular flexibility index (Phi) is 6.13. The van der Waals surface area contributed by atoms with Crippen molar-refractivity contribution in [3.8, 4) is 5.75 Å². The Morgan fingerprint density at radius 2 is 1.80 bits per heavy atom. The molecule has 2 N–H and O–H groups in total. The summed E-state index contributed by atoms with van der Waals surface area (Å²) in [5.41, 5.74) is -0.465. The normalized spacial score (nSPS) is 18.0. The van der Waals surface area contributed by atoms with E-state index in [1.807, 2.05) is 0 Å². The van der Waals surface area contributed by atoms with Gasteiger partial charge in [-0.25, -0.2) is 21.6 Å². The maximum absolute atomic E-state index is 12.7. The van der Waals surface area contributed by atoms with Crippen molar-refractivity contribution in [3.05, 3.63) is 18.2 Å². The summed E-state index contributed by atoms with van der Waals surface area (Å²) in [4.78, 5) is -0.315. The molecule has 1 fully saturated rings. The molecule has 142 valence electrons. The van der Waals surface area contributed by atoms with E-state index in [0.29, 0.717) is 0 Å². The number of aliphatic hydroxyl groups excluding tert-OH is 1. The number of methoxy groups -OCH3 is 1. The number of benzene rings is 1. The molecular formula is C16H25NO6S2. The molecule has 0 atom stereocenters. The summed E-state index contributed by atoms with van der Waals surface area (Å²) in [5.74, 6) is 0.0709. The molecular weight excluding hydrogens is 366 g/mol. The molecule has 0 bridgehead atoms. The SMILES string of the molecule is COc1ccc(S(C)(=O)=O)cc1S(=O)(=O)NCC1(CO)CCCCC1. The van der Waals surface area contributed by atoms with Crippen LogP contribution < -0.4 is 9.46 Å². The van der Waals surface area contributed by atoms with Crippen LogP contribution in [0.1, 0.15) is 32.1 Å². The summed E-state index contributed by atoms with van der Waals surface area (Å²) >= 11 is 0. The summed E-state index contributed by atoms with van der Waals surface area (Å²) in [6.45, 7) is 0.0219. The minimum Gasteiger partial charge on any atom is -0.495 e. The number of nitrogens with one attached hydrogen (secondary N) is 1. The highest BCUT2D eigenvalue weighted by Gasteiger charge is 2.33. The molecule has 1 aromatic carbocycles. The lowest BCUT2D eigenvalue weighted by atomic mass is 9.75. The lowest BCUT2D eigenvalue weighted by molar-refractivity contribution is 0.0867. The highest BCUT2D eigenvalue weighted by atomic mass is 32.2. The van der Waals surface area contributed by atoms with Crippen molar-refractivity contribution in [2.45, 2.75) is 41.9 Å². The van der Waals surface area contributed by atoms with Crippen molar-refractivity contribution in [2.24, 2.45) is 5.41 Å². The predicted octanol–water partition coefficient (Wildman–Crippen LogP) is 1.32. The molecule has 0 amide bonds. The zero-order valence-corrected chi connectivity index (χ0v) is 16.1. The molecule has 0 aliphatic heterocycles. The van der Waals surface area contributed by atoms with Crippen LogP contribution in [0.2, 0.25) is 0 Å². The fourth-order valence-electron chi connectivity index (χ4n) is 3.12. The third-order valence-corrected chi connectivity index (χ3v) is 7.27. The third-order valence-electron chi connectivity index (χ3n) is 4.74. The monoisotopic (exact) mass is 391 g/mol. The van der Waals surface area contributed by atoms with E-state index in [-0.39, 0.29) is 28.7 Å². The van der Waals surface area contributed by atoms with Crippen LogP contribution >= 0.6 is 0 Å². The zero-order valence-electron chi connectivity index (χ0n) is 14.5. The summed E-state index contributed by atoms with van der Waals surface area (Å²) in [7, 11) is -6.21. The minimum atomic E-state index is -3.98. The van der Waals surface area contributed by atoms with Crippen molar-refractivity contribution in [1.29, 1.82) is 0 Å². The van der Waals surface area contributed by atoms with Crippen LogP contribution in [0, 0.1) is 5.41 Å². The van der Waals surface area contributed by atoms with Crippen LogP contribution in [-0.2, 0) is 19.9 Å². The van der Waals surface area contributed by atoms with E-state index in [0.717, 1.165) is 44.4 Å². The maximum atomic E-state index is 12.7. The van der Waals surface area contributed by atoms with Crippen LogP contribution in [0.4, 0.5) is 0 Å². The Balaban J connectivity index is 2.32. The van der Waals surface area contributed by atoms with Gasteiger partial charge in [-0.2, -0.15) is 0 Å². The van der Waals surface area contributed by atoms with Crippen molar-refractivity contribution >= 4 is 19.9 Å². The average Bonchev–Trinajstić information content (AvgIpc) is 2.59. The second-order valence-corrected chi connectivity index (χ2v) is 10.4. The second-order valence-electron chi connectivity index (χ2n) is 6.63. The molecule has 0 spiro atoms. The molecule has 0 saturated heterocycles. The van der Waals surface area contributed by atoms with Crippen molar-refractivity contribution in [2.75, 3.05) is 26.5 Å². The van der Waals surface area contributed by atoms with Gasteiger partial charge in [0, 0.05) is 24.8 Å². The van der Waals surface area contributed by atoms with E-state index in [1.54, 1.807) is 0 Å². The number of aliphatic hydroxyl groups is 1. The fourth-order valence-corrected chi connectivity index (χ4v) is 5.19. The van der Waals surface area contributed by atoms with E-state index >= 15 is 0 Å². The molecule has 2 rings (SSSR count). The standard InChI is InChI=1S/C16H25NO6S2/c1-23-14-7-6-13(24(2,19)20)10-15(14)25(21,22)17-11-16(12-18)8-4-3-5-9-16/h6-7,10,17-18H,3-5,8-9,11-12H2,1-2H3. The molecule has 0 aromatic heterocycles. The lowest BCUT2D eigenvalue weighted by Crippen LogP contribution is -2.41. The predicted molar refractivity (Wildman–Crippen MR) is 93.9 cm³/mol. The summed E-state index contributed by atoms with van der Waals surface area (Å²) < 4.78 is 56.5. The van der Waals surface area contributed by atoms with Crippen LogP contribution in [0.5, 0.6) is 5.75 Å². The van der Waals surface area contributed by atoms with Gasteiger partial charge in [0.25, 0.3) is 0 Å². The highest BCUT2D eigenvalue weighted by molar-refractivity contribution is 7.91. The summed E-state index contributed by atoms with van der Waals surface area (Å²) in [6, 6.07) is 3.74. The first-order valence-corrected chi connectivity index (χ1v) is 11.5. The molecule has 0 unspecified atom stereocenters. The van der Waals surface area contributed by atoms with E-state index in [4.69, 9.17) is 4.74 Å². The third kappa shape index (κ3) is 4.72.